The van der Waals surface area contributed by atoms with Gasteiger partial charge in [-0.3, -0.25) is 4.79 Å². The van der Waals surface area contributed by atoms with E-state index in [4.69, 9.17) is 30.0 Å². The number of likely N-dealkylation sites (tertiary alicyclic amines) is 1. The molecule has 6 aromatic rings. The van der Waals surface area contributed by atoms with E-state index < -0.39 is 30.2 Å². The molecule has 4 fully saturated rings. The molecule has 2 saturated heterocycles. The lowest BCUT2D eigenvalue weighted by Crippen LogP contribution is -2.46. The summed E-state index contributed by atoms with van der Waals surface area (Å²) < 4.78 is 13.0. The van der Waals surface area contributed by atoms with Crippen LogP contribution in [-0.4, -0.2) is 90.6 Å². The lowest BCUT2D eigenvalue weighted by atomic mass is 9.96. The van der Waals surface area contributed by atoms with Crippen LogP contribution in [0, 0.1) is 13.8 Å². The van der Waals surface area contributed by atoms with Gasteiger partial charge >= 0.3 is 18.2 Å². The van der Waals surface area contributed by atoms with Crippen molar-refractivity contribution in [1.29, 1.82) is 0 Å². The zero-order chi connectivity index (χ0) is 47.0. The zero-order valence-corrected chi connectivity index (χ0v) is 38.6. The van der Waals surface area contributed by atoms with Gasteiger partial charge in [0.25, 0.3) is 0 Å². The first-order chi connectivity index (χ1) is 32.5. The van der Waals surface area contributed by atoms with Gasteiger partial charge in [0.15, 0.2) is 17.3 Å². The number of methoxy groups -OCH3 is 2. The summed E-state index contributed by atoms with van der Waals surface area (Å²) in [6.45, 7) is 5.90. The maximum atomic E-state index is 13.8. The number of benzene rings is 2. The number of alkyl carbamates (subject to hydrolysis) is 2. The quantitative estimate of drug-likeness (QED) is 0.103. The largest absolute Gasteiger partial charge is 0.479 e. The summed E-state index contributed by atoms with van der Waals surface area (Å²) in [5.41, 5.74) is 9.71. The van der Waals surface area contributed by atoms with Crippen molar-refractivity contribution >= 4 is 35.4 Å². The molecule has 17 nitrogen and oxygen atoms in total. The number of rotatable bonds is 10. The van der Waals surface area contributed by atoms with Crippen molar-refractivity contribution in [2.75, 3.05) is 27.3 Å². The van der Waals surface area contributed by atoms with Gasteiger partial charge in [-0.15, -0.1) is 0 Å². The Bertz CT molecular complexity index is 2680. The number of aliphatic carboxylic acids is 1. The maximum Gasteiger partial charge on any atom is 0.407 e. The normalized spacial score (nSPS) is 18.9. The number of amides is 3. The van der Waals surface area contributed by atoms with Crippen LogP contribution in [0.1, 0.15) is 146 Å². The van der Waals surface area contributed by atoms with Crippen LogP contribution in [0.25, 0.3) is 11.3 Å². The second-order valence-electron chi connectivity index (χ2n) is 17.7. The average molecular weight is 913 g/mol. The SMILES string of the molecule is COC(=O)NC(C(=O)N1CCCC[C@H]1c1cc2nc(C3CC3)cc(C)n2n1)c1ccccc1.COC(=O)N[C@@H](C(=O)O)c1ccccc1.Cc1cc(C2CC2)nc2cc([C@@H]3CCCCN3)nn12. The maximum absolute atomic E-state index is 13.8. The minimum Gasteiger partial charge on any atom is -0.479 e. The molecule has 17 heteroatoms. The molecule has 1 unspecified atom stereocenters. The van der Waals surface area contributed by atoms with Crippen molar-refractivity contribution in [3.63, 3.8) is 0 Å². The van der Waals surface area contributed by atoms with E-state index in [2.05, 4.69) is 45.8 Å². The summed E-state index contributed by atoms with van der Waals surface area (Å²) >= 11 is 0. The van der Waals surface area contributed by atoms with Crippen molar-refractivity contribution in [2.24, 2.45) is 0 Å². The monoisotopic (exact) mass is 912 g/mol. The first kappa shape index (κ1) is 46.6. The predicted octanol–water partition coefficient (Wildman–Crippen LogP) is 7.96. The Morgan fingerprint density at radius 1 is 0.642 bits per heavy atom. The number of aryl methyl sites for hydroxylation is 2. The van der Waals surface area contributed by atoms with Gasteiger partial charge in [0.05, 0.1) is 37.7 Å². The summed E-state index contributed by atoms with van der Waals surface area (Å²) in [5.74, 6) is -0.0194. The van der Waals surface area contributed by atoms with Gasteiger partial charge in [0.1, 0.15) is 6.04 Å². The number of piperidine rings is 2. The molecule has 0 bridgehead atoms. The van der Waals surface area contributed by atoms with Crippen LogP contribution in [0.15, 0.2) is 84.9 Å². The van der Waals surface area contributed by atoms with E-state index in [1.807, 2.05) is 57.3 Å². The van der Waals surface area contributed by atoms with E-state index in [1.165, 1.54) is 70.6 Å². The van der Waals surface area contributed by atoms with Crippen molar-refractivity contribution in [2.45, 2.75) is 114 Å². The van der Waals surface area contributed by atoms with Gasteiger partial charge in [-0.1, -0.05) is 67.1 Å². The third kappa shape index (κ3) is 11.4. The van der Waals surface area contributed by atoms with Crippen LogP contribution in [-0.2, 0) is 19.1 Å². The van der Waals surface area contributed by atoms with E-state index >= 15 is 0 Å². The molecule has 3 amide bonds. The smallest absolute Gasteiger partial charge is 0.407 e. The number of carboxylic acids is 1. The van der Waals surface area contributed by atoms with Gasteiger partial charge in [-0.2, -0.15) is 10.2 Å². The molecular weight excluding hydrogens is 853 g/mol. The Kier molecular flexibility index (Phi) is 14.7. The van der Waals surface area contributed by atoms with E-state index in [0.717, 1.165) is 65.4 Å². The molecule has 2 aliphatic carbocycles. The van der Waals surface area contributed by atoms with Crippen molar-refractivity contribution in [3.8, 4) is 0 Å². The number of nitrogens with one attached hydrogen (secondary N) is 3. The van der Waals surface area contributed by atoms with Crippen molar-refractivity contribution in [3.05, 3.63) is 130 Å². The highest BCUT2D eigenvalue weighted by atomic mass is 16.5. The van der Waals surface area contributed by atoms with Gasteiger partial charge in [0, 0.05) is 53.3 Å². The molecule has 0 radical (unpaired) electrons. The molecule has 4 aliphatic rings. The highest BCUT2D eigenvalue weighted by molar-refractivity contribution is 5.87. The zero-order valence-electron chi connectivity index (χ0n) is 38.6. The van der Waals surface area contributed by atoms with E-state index in [0.29, 0.717) is 30.0 Å². The second-order valence-corrected chi connectivity index (χ2v) is 17.7. The number of carbonyl (C=O) groups is 4. The molecule has 352 valence electrons. The molecule has 0 spiro atoms. The highest BCUT2D eigenvalue weighted by Crippen LogP contribution is 2.41. The van der Waals surface area contributed by atoms with Crippen LogP contribution in [0.5, 0.6) is 0 Å². The molecular formula is C50H60N10O7. The number of aromatic nitrogens is 6. The van der Waals surface area contributed by atoms with Crippen molar-refractivity contribution in [1.82, 2.24) is 50.0 Å². The van der Waals surface area contributed by atoms with Gasteiger partial charge < -0.3 is 35.4 Å². The molecule has 4 N–H and O–H groups in total. The lowest BCUT2D eigenvalue weighted by Gasteiger charge is -2.37. The fraction of sp³-hybridized carbons (Fsp3) is 0.440. The number of ether oxygens (including phenoxy) is 2. The minimum absolute atomic E-state index is 0.156. The molecule has 2 saturated carbocycles. The van der Waals surface area contributed by atoms with Crippen LogP contribution in [0.2, 0.25) is 0 Å². The van der Waals surface area contributed by atoms with E-state index in [-0.39, 0.29) is 11.9 Å². The number of hydrogen-bond donors (Lipinski definition) is 4. The molecule has 2 aliphatic heterocycles. The molecule has 4 atom stereocenters. The lowest BCUT2D eigenvalue weighted by molar-refractivity contribution is -0.139. The fourth-order valence-electron chi connectivity index (χ4n) is 8.84. The van der Waals surface area contributed by atoms with Crippen LogP contribution < -0.4 is 16.0 Å². The Labute approximate surface area is 389 Å². The summed E-state index contributed by atoms with van der Waals surface area (Å²) in [7, 11) is 2.48. The molecule has 67 heavy (non-hydrogen) atoms. The standard InChI is InChI=1S/C25H29N5O3.C15H20N4.C10H11NO4/c1-16-14-19(17-11-12-17)26-22-15-20(28-30(16)22)21-10-6-7-13-29(21)24(31)23(27-25(32)33-2)18-8-4-3-5-9-18;1-10-8-13(11-5-6-11)17-15-9-14(18-19(10)15)12-4-2-3-7-16-12;1-15-10(14)11-8(9(12)13)7-5-3-2-4-6-7/h3-5,8-9,14-15,17,21,23H,6-7,10-13H2,1-2H3,(H,27,32);8-9,11-12,16H,2-7H2,1H3;2-6,8H,1H3,(H,11,14)(H,12,13)/t21-,23?;12-;8-/m001/s1. The molecule has 10 rings (SSSR count). The van der Waals surface area contributed by atoms with Crippen LogP contribution >= 0.6 is 0 Å². The number of fused-ring (bicyclic) bond motifs is 2. The Morgan fingerprint density at radius 2 is 1.15 bits per heavy atom. The summed E-state index contributed by atoms with van der Waals surface area (Å²) in [6.07, 6.45) is 10.1. The predicted molar refractivity (Wildman–Crippen MR) is 249 cm³/mol. The molecule has 6 heterocycles. The number of carbonyl (C=O) groups excluding carboxylic acids is 3. The van der Waals surface area contributed by atoms with Crippen LogP contribution in [0.4, 0.5) is 9.59 Å². The Balaban J connectivity index is 0.000000151. The third-order valence-electron chi connectivity index (χ3n) is 12.7. The summed E-state index contributed by atoms with van der Waals surface area (Å²) in [6, 6.07) is 24.5. The van der Waals surface area contributed by atoms with E-state index in [1.54, 1.807) is 30.3 Å². The third-order valence-corrected chi connectivity index (χ3v) is 12.7. The second kappa shape index (κ2) is 21.2. The molecule has 4 aromatic heterocycles. The Hall–Kier alpha value is -6.88. The number of carboxylic acid groups (broad SMARTS) is 1. The highest BCUT2D eigenvalue weighted by Gasteiger charge is 2.36. The number of nitrogens with zero attached hydrogens (tertiary/aromatic N) is 7. The van der Waals surface area contributed by atoms with E-state index in [9.17, 15) is 19.2 Å². The fourth-order valence-corrected chi connectivity index (χ4v) is 8.84. The van der Waals surface area contributed by atoms with Gasteiger partial charge in [-0.25, -0.2) is 33.4 Å². The first-order valence-electron chi connectivity index (χ1n) is 23.3. The average Bonchev–Trinajstić information content (AvgIpc) is 4.30. The Morgan fingerprint density at radius 3 is 1.66 bits per heavy atom. The molecule has 2 aromatic carbocycles. The van der Waals surface area contributed by atoms with Gasteiger partial charge in [0.2, 0.25) is 5.91 Å². The topological polar surface area (TPSA) is 207 Å². The summed E-state index contributed by atoms with van der Waals surface area (Å²) in [4.78, 5) is 59.1. The first-order valence-corrected chi connectivity index (χ1v) is 23.3. The van der Waals surface area contributed by atoms with Crippen molar-refractivity contribution < 1.29 is 33.8 Å². The minimum atomic E-state index is -1.13. The van der Waals surface area contributed by atoms with Crippen LogP contribution in [0.3, 0.4) is 0 Å². The summed E-state index contributed by atoms with van der Waals surface area (Å²) in [5, 5.41) is 27.0. The number of hydrogen-bond acceptors (Lipinski definition) is 11. The van der Waals surface area contributed by atoms with Gasteiger partial charge in [-0.05, 0) is 101 Å².